The molecule has 4 nitrogen and oxygen atoms in total. The van der Waals surface area contributed by atoms with Crippen molar-refractivity contribution < 1.29 is 8.94 Å². The van der Waals surface area contributed by atoms with Gasteiger partial charge >= 0.3 is 0 Å². The number of rotatable bonds is 4. The second-order valence-electron chi connectivity index (χ2n) is 3.24. The zero-order chi connectivity index (χ0) is 10.7. The highest BCUT2D eigenvalue weighted by molar-refractivity contribution is 9.10. The summed E-state index contributed by atoms with van der Waals surface area (Å²) in [5, 5.41) is 7.09. The fraction of sp³-hybridized carbons (Fsp3) is 0.300. The van der Waals surface area contributed by atoms with Crippen LogP contribution in [-0.2, 0) is 6.54 Å². The van der Waals surface area contributed by atoms with Gasteiger partial charge < -0.3 is 14.3 Å². The Hall–Kier alpha value is -1.07. The third-order valence-electron chi connectivity index (χ3n) is 2.10. The van der Waals surface area contributed by atoms with Gasteiger partial charge in [-0.25, -0.2) is 0 Å². The van der Waals surface area contributed by atoms with Crippen molar-refractivity contribution in [1.82, 2.24) is 10.5 Å². The lowest BCUT2D eigenvalue weighted by molar-refractivity contribution is 0.393. The van der Waals surface area contributed by atoms with Gasteiger partial charge in [0.2, 0.25) is 0 Å². The van der Waals surface area contributed by atoms with E-state index in [0.29, 0.717) is 6.54 Å². The first kappa shape index (κ1) is 10.4. The molecule has 0 bridgehead atoms. The van der Waals surface area contributed by atoms with Crippen molar-refractivity contribution >= 4 is 15.9 Å². The van der Waals surface area contributed by atoms with Gasteiger partial charge in [-0.15, -0.1) is 0 Å². The molecule has 2 heterocycles. The highest BCUT2D eigenvalue weighted by Gasteiger charge is 2.09. The van der Waals surface area contributed by atoms with Crippen LogP contribution in [0.3, 0.4) is 0 Å². The molecule has 1 N–H and O–H groups in total. The minimum Gasteiger partial charge on any atom is -0.453 e. The second-order valence-corrected chi connectivity index (χ2v) is 4.02. The Morgan fingerprint density at radius 1 is 1.47 bits per heavy atom. The van der Waals surface area contributed by atoms with Gasteiger partial charge in [0.25, 0.3) is 0 Å². The normalized spacial score (nSPS) is 12.9. The monoisotopic (exact) mass is 270 g/mol. The Bertz CT molecular complexity index is 411. The van der Waals surface area contributed by atoms with Crippen molar-refractivity contribution in [3.8, 4) is 0 Å². The Kier molecular flexibility index (Phi) is 3.23. The molecule has 80 valence electrons. The SMILES string of the molecule is CC(NCc1ccon1)c1ccc(Br)o1. The largest absolute Gasteiger partial charge is 0.453 e. The third-order valence-corrected chi connectivity index (χ3v) is 2.53. The third kappa shape index (κ3) is 2.70. The highest BCUT2D eigenvalue weighted by Crippen LogP contribution is 2.20. The summed E-state index contributed by atoms with van der Waals surface area (Å²) in [5.41, 5.74) is 0.882. The smallest absolute Gasteiger partial charge is 0.169 e. The molecule has 0 aromatic carbocycles. The molecule has 0 aliphatic heterocycles. The zero-order valence-electron chi connectivity index (χ0n) is 8.24. The van der Waals surface area contributed by atoms with E-state index < -0.39 is 0 Å². The van der Waals surface area contributed by atoms with Crippen molar-refractivity contribution in [2.45, 2.75) is 19.5 Å². The molecule has 2 rings (SSSR count). The summed E-state index contributed by atoms with van der Waals surface area (Å²) in [5.74, 6) is 0.894. The molecule has 0 aliphatic carbocycles. The minimum atomic E-state index is 0.146. The zero-order valence-corrected chi connectivity index (χ0v) is 9.82. The Morgan fingerprint density at radius 2 is 2.33 bits per heavy atom. The maximum absolute atomic E-state index is 5.43. The van der Waals surface area contributed by atoms with Gasteiger partial charge in [-0.1, -0.05) is 5.16 Å². The van der Waals surface area contributed by atoms with Crippen LogP contribution >= 0.6 is 15.9 Å². The van der Waals surface area contributed by atoms with Crippen molar-refractivity contribution in [3.05, 3.63) is 40.6 Å². The van der Waals surface area contributed by atoms with Crippen LogP contribution in [0.5, 0.6) is 0 Å². The van der Waals surface area contributed by atoms with Crippen LogP contribution in [0.4, 0.5) is 0 Å². The van der Waals surface area contributed by atoms with Crippen LogP contribution in [0.2, 0.25) is 0 Å². The number of nitrogens with zero attached hydrogens (tertiary/aromatic N) is 1. The van der Waals surface area contributed by atoms with Crippen LogP contribution in [0.15, 0.2) is 38.1 Å². The standard InChI is InChI=1S/C10H11BrN2O2/c1-7(9-2-3-10(11)15-9)12-6-8-4-5-14-13-8/h2-5,7,12H,6H2,1H3. The summed E-state index contributed by atoms with van der Waals surface area (Å²) >= 11 is 3.27. The molecule has 0 saturated heterocycles. The Morgan fingerprint density at radius 3 is 2.93 bits per heavy atom. The number of hydrogen-bond acceptors (Lipinski definition) is 4. The van der Waals surface area contributed by atoms with E-state index >= 15 is 0 Å². The molecule has 5 heteroatoms. The summed E-state index contributed by atoms with van der Waals surface area (Å²) < 4.78 is 10.9. The van der Waals surface area contributed by atoms with Crippen LogP contribution in [-0.4, -0.2) is 5.16 Å². The lowest BCUT2D eigenvalue weighted by atomic mass is 10.2. The maximum Gasteiger partial charge on any atom is 0.169 e. The van der Waals surface area contributed by atoms with Crippen LogP contribution in [0, 0.1) is 0 Å². The molecule has 1 atom stereocenters. The molecule has 0 saturated carbocycles. The van der Waals surface area contributed by atoms with Gasteiger partial charge in [0.15, 0.2) is 4.67 Å². The molecule has 0 spiro atoms. The molecule has 1 unspecified atom stereocenters. The number of aromatic nitrogens is 1. The molecular formula is C10H11BrN2O2. The predicted molar refractivity (Wildman–Crippen MR) is 58.2 cm³/mol. The van der Waals surface area contributed by atoms with Crippen LogP contribution < -0.4 is 5.32 Å². The van der Waals surface area contributed by atoms with Crippen molar-refractivity contribution in [2.75, 3.05) is 0 Å². The molecule has 2 aromatic rings. The molecule has 0 fully saturated rings. The molecule has 2 aromatic heterocycles. The molecule has 0 aliphatic rings. The van der Waals surface area contributed by atoms with Crippen molar-refractivity contribution in [1.29, 1.82) is 0 Å². The average molecular weight is 271 g/mol. The van der Waals surface area contributed by atoms with Crippen LogP contribution in [0.1, 0.15) is 24.4 Å². The van der Waals surface area contributed by atoms with Crippen LogP contribution in [0.25, 0.3) is 0 Å². The van der Waals surface area contributed by atoms with E-state index in [1.807, 2.05) is 25.1 Å². The number of halogens is 1. The summed E-state index contributed by atoms with van der Waals surface area (Å²) in [4.78, 5) is 0. The number of hydrogen-bond donors (Lipinski definition) is 1. The molecule has 0 radical (unpaired) electrons. The fourth-order valence-electron chi connectivity index (χ4n) is 1.25. The minimum absolute atomic E-state index is 0.146. The Labute approximate surface area is 95.8 Å². The first-order valence-electron chi connectivity index (χ1n) is 4.63. The van der Waals surface area contributed by atoms with Crippen molar-refractivity contribution in [3.63, 3.8) is 0 Å². The lowest BCUT2D eigenvalue weighted by Gasteiger charge is -2.09. The van der Waals surface area contributed by atoms with Gasteiger partial charge in [-0.2, -0.15) is 0 Å². The van der Waals surface area contributed by atoms with E-state index in [9.17, 15) is 0 Å². The van der Waals surface area contributed by atoms with Crippen molar-refractivity contribution in [2.24, 2.45) is 0 Å². The predicted octanol–water partition coefficient (Wildman–Crippen LogP) is 2.88. The second kappa shape index (κ2) is 4.63. The number of nitrogens with one attached hydrogen (secondary N) is 1. The van der Waals surface area contributed by atoms with E-state index in [-0.39, 0.29) is 6.04 Å². The first-order chi connectivity index (χ1) is 7.25. The lowest BCUT2D eigenvalue weighted by Crippen LogP contribution is -2.17. The summed E-state index contributed by atoms with van der Waals surface area (Å²) in [6, 6.07) is 5.79. The maximum atomic E-state index is 5.43. The van der Waals surface area contributed by atoms with E-state index in [1.54, 1.807) is 6.26 Å². The van der Waals surface area contributed by atoms with Gasteiger partial charge in [-0.3, -0.25) is 0 Å². The molecule has 15 heavy (non-hydrogen) atoms. The van der Waals surface area contributed by atoms with Gasteiger partial charge in [-0.05, 0) is 35.0 Å². The number of furan rings is 1. The highest BCUT2D eigenvalue weighted by atomic mass is 79.9. The first-order valence-corrected chi connectivity index (χ1v) is 5.43. The topological polar surface area (TPSA) is 51.2 Å². The van der Waals surface area contributed by atoms with E-state index in [0.717, 1.165) is 16.1 Å². The molecule has 0 amide bonds. The quantitative estimate of drug-likeness (QED) is 0.928. The van der Waals surface area contributed by atoms with E-state index in [2.05, 4.69) is 26.4 Å². The van der Waals surface area contributed by atoms with E-state index in [1.165, 1.54) is 0 Å². The fourth-order valence-corrected chi connectivity index (χ4v) is 1.57. The van der Waals surface area contributed by atoms with Gasteiger partial charge in [0.1, 0.15) is 12.0 Å². The molecular weight excluding hydrogens is 260 g/mol. The van der Waals surface area contributed by atoms with E-state index in [4.69, 9.17) is 8.94 Å². The Balaban J connectivity index is 1.90. The van der Waals surface area contributed by atoms with Gasteiger partial charge in [0.05, 0.1) is 11.7 Å². The summed E-state index contributed by atoms with van der Waals surface area (Å²) in [7, 11) is 0. The summed E-state index contributed by atoms with van der Waals surface area (Å²) in [6.45, 7) is 2.70. The summed E-state index contributed by atoms with van der Waals surface area (Å²) in [6.07, 6.45) is 1.56. The van der Waals surface area contributed by atoms with Gasteiger partial charge in [0, 0.05) is 12.6 Å². The average Bonchev–Trinajstić information content (AvgIpc) is 2.84.